The fraction of sp³-hybridized carbons (Fsp3) is 0.294. The fourth-order valence-electron chi connectivity index (χ4n) is 2.68. The van der Waals surface area contributed by atoms with Crippen molar-refractivity contribution < 1.29 is 4.74 Å². The molecule has 1 aliphatic rings. The highest BCUT2D eigenvalue weighted by Crippen LogP contribution is 2.30. The first kappa shape index (κ1) is 14.1. The number of hydrogen-bond acceptors (Lipinski definition) is 3. The van der Waals surface area contributed by atoms with E-state index < -0.39 is 0 Å². The molecule has 0 aliphatic carbocycles. The van der Waals surface area contributed by atoms with Crippen LogP contribution in [0.5, 0.6) is 5.75 Å². The second kappa shape index (κ2) is 5.86. The summed E-state index contributed by atoms with van der Waals surface area (Å²) in [5.74, 6) is 0.753. The van der Waals surface area contributed by atoms with Gasteiger partial charge in [0.25, 0.3) is 0 Å². The van der Waals surface area contributed by atoms with E-state index in [2.05, 4.69) is 11.0 Å². The average Bonchev–Trinajstić information content (AvgIpc) is 2.85. The van der Waals surface area contributed by atoms with Gasteiger partial charge in [0, 0.05) is 17.9 Å². The van der Waals surface area contributed by atoms with Crippen LogP contribution in [0, 0.1) is 6.92 Å². The van der Waals surface area contributed by atoms with Crippen LogP contribution >= 0.6 is 11.6 Å². The molecule has 0 unspecified atom stereocenters. The van der Waals surface area contributed by atoms with Crippen molar-refractivity contribution in [3.05, 3.63) is 52.5 Å². The van der Waals surface area contributed by atoms with Gasteiger partial charge in [-0.2, -0.15) is 0 Å². The lowest BCUT2D eigenvalue weighted by molar-refractivity contribution is 0.324. The summed E-state index contributed by atoms with van der Waals surface area (Å²) in [7, 11) is 0. The Morgan fingerprint density at radius 3 is 2.95 bits per heavy atom. The summed E-state index contributed by atoms with van der Waals surface area (Å²) >= 11 is 6.14. The summed E-state index contributed by atoms with van der Waals surface area (Å²) in [6, 6.07) is 11.9. The summed E-state index contributed by atoms with van der Waals surface area (Å²) in [4.78, 5) is 2.31. The lowest BCUT2D eigenvalue weighted by Gasteiger charge is -2.20. The molecule has 0 atom stereocenters. The van der Waals surface area contributed by atoms with Crippen molar-refractivity contribution in [2.24, 2.45) is 0 Å². The molecular formula is C17H19ClN2O. The second-order valence-corrected chi connectivity index (χ2v) is 5.81. The topological polar surface area (TPSA) is 38.5 Å². The molecule has 1 aliphatic heterocycles. The van der Waals surface area contributed by atoms with Crippen LogP contribution < -0.4 is 15.4 Å². The van der Waals surface area contributed by atoms with Gasteiger partial charge < -0.3 is 15.4 Å². The molecule has 110 valence electrons. The maximum Gasteiger partial charge on any atom is 0.138 e. The van der Waals surface area contributed by atoms with Gasteiger partial charge in [0.05, 0.1) is 11.6 Å². The third-order valence-corrected chi connectivity index (χ3v) is 4.12. The van der Waals surface area contributed by atoms with E-state index in [9.17, 15) is 0 Å². The van der Waals surface area contributed by atoms with Crippen molar-refractivity contribution in [3.8, 4) is 5.75 Å². The number of hydrogen-bond donors (Lipinski definition) is 1. The zero-order valence-corrected chi connectivity index (χ0v) is 12.9. The normalized spacial score (nSPS) is 13.3. The van der Waals surface area contributed by atoms with Gasteiger partial charge in [-0.15, -0.1) is 0 Å². The number of nitrogens with zero attached hydrogens (tertiary/aromatic N) is 1. The summed E-state index contributed by atoms with van der Waals surface area (Å²) in [6.45, 7) is 4.49. The van der Waals surface area contributed by atoms with Crippen LogP contribution in [0.3, 0.4) is 0 Å². The standard InChI is InChI=1S/C17H19ClN2O/c1-12-2-5-15(18)17(10-12)21-9-8-20-7-6-13-3-4-14(19)11-16(13)20/h2-5,10-11H,6-9,19H2,1H3. The van der Waals surface area contributed by atoms with E-state index in [0.29, 0.717) is 11.6 Å². The highest BCUT2D eigenvalue weighted by Gasteiger charge is 2.18. The molecule has 2 N–H and O–H groups in total. The minimum atomic E-state index is 0.609. The largest absolute Gasteiger partial charge is 0.490 e. The minimum Gasteiger partial charge on any atom is -0.490 e. The number of aryl methyl sites for hydroxylation is 1. The molecule has 2 aromatic carbocycles. The number of benzene rings is 2. The van der Waals surface area contributed by atoms with E-state index in [1.807, 2.05) is 37.3 Å². The number of fused-ring (bicyclic) bond motifs is 1. The molecule has 21 heavy (non-hydrogen) atoms. The quantitative estimate of drug-likeness (QED) is 0.876. The van der Waals surface area contributed by atoms with E-state index in [4.69, 9.17) is 22.1 Å². The molecule has 3 nitrogen and oxygen atoms in total. The Labute approximate surface area is 130 Å². The summed E-state index contributed by atoms with van der Waals surface area (Å²) in [5.41, 5.74) is 10.4. The Bertz CT molecular complexity index is 657. The number of rotatable bonds is 4. The van der Waals surface area contributed by atoms with E-state index in [1.54, 1.807) is 0 Å². The zero-order chi connectivity index (χ0) is 14.8. The van der Waals surface area contributed by atoms with Crippen LogP contribution in [0.25, 0.3) is 0 Å². The van der Waals surface area contributed by atoms with Gasteiger partial charge >= 0.3 is 0 Å². The number of nitrogen functional groups attached to an aromatic ring is 1. The van der Waals surface area contributed by atoms with Crippen molar-refractivity contribution in [2.45, 2.75) is 13.3 Å². The van der Waals surface area contributed by atoms with Crippen LogP contribution in [0.15, 0.2) is 36.4 Å². The van der Waals surface area contributed by atoms with Gasteiger partial charge in [-0.25, -0.2) is 0 Å². The first-order valence-corrected chi connectivity index (χ1v) is 7.53. The Kier molecular flexibility index (Phi) is 3.93. The predicted octanol–water partition coefficient (Wildman–Crippen LogP) is 3.67. The van der Waals surface area contributed by atoms with Crippen molar-refractivity contribution in [1.29, 1.82) is 0 Å². The Morgan fingerprint density at radius 1 is 1.24 bits per heavy atom. The van der Waals surface area contributed by atoms with Gasteiger partial charge in [0.15, 0.2) is 0 Å². The van der Waals surface area contributed by atoms with Crippen molar-refractivity contribution in [1.82, 2.24) is 0 Å². The van der Waals surface area contributed by atoms with Crippen molar-refractivity contribution >= 4 is 23.0 Å². The highest BCUT2D eigenvalue weighted by atomic mass is 35.5. The van der Waals surface area contributed by atoms with Crippen LogP contribution in [-0.4, -0.2) is 19.7 Å². The molecule has 0 aromatic heterocycles. The molecule has 4 heteroatoms. The minimum absolute atomic E-state index is 0.609. The SMILES string of the molecule is Cc1ccc(Cl)c(OCCN2CCc3ccc(N)cc32)c1. The molecule has 2 aromatic rings. The Hall–Kier alpha value is -1.87. The Morgan fingerprint density at radius 2 is 2.10 bits per heavy atom. The maximum absolute atomic E-state index is 6.14. The average molecular weight is 303 g/mol. The molecule has 0 bridgehead atoms. The van der Waals surface area contributed by atoms with E-state index >= 15 is 0 Å². The van der Waals surface area contributed by atoms with Gasteiger partial charge in [-0.1, -0.05) is 23.7 Å². The van der Waals surface area contributed by atoms with Gasteiger partial charge in [0.1, 0.15) is 12.4 Å². The molecule has 3 rings (SSSR count). The lowest BCUT2D eigenvalue weighted by atomic mass is 10.1. The third-order valence-electron chi connectivity index (χ3n) is 3.81. The third kappa shape index (κ3) is 3.08. The van der Waals surface area contributed by atoms with Crippen LogP contribution in [0.4, 0.5) is 11.4 Å². The number of halogens is 1. The van der Waals surface area contributed by atoms with E-state index in [1.165, 1.54) is 11.3 Å². The zero-order valence-electron chi connectivity index (χ0n) is 12.1. The molecule has 0 spiro atoms. The lowest BCUT2D eigenvalue weighted by Crippen LogP contribution is -2.26. The number of nitrogens with two attached hydrogens (primary N) is 1. The Balaban J connectivity index is 1.62. The highest BCUT2D eigenvalue weighted by molar-refractivity contribution is 6.32. The molecular weight excluding hydrogens is 284 g/mol. The van der Waals surface area contributed by atoms with Crippen molar-refractivity contribution in [2.75, 3.05) is 30.3 Å². The smallest absolute Gasteiger partial charge is 0.138 e. The molecule has 0 fully saturated rings. The van der Waals surface area contributed by atoms with Crippen molar-refractivity contribution in [3.63, 3.8) is 0 Å². The van der Waals surface area contributed by atoms with Gasteiger partial charge in [0.2, 0.25) is 0 Å². The molecule has 0 saturated carbocycles. The maximum atomic E-state index is 6.14. The van der Waals surface area contributed by atoms with Gasteiger partial charge in [-0.3, -0.25) is 0 Å². The summed E-state index contributed by atoms with van der Waals surface area (Å²) in [5, 5.41) is 0.659. The fourth-order valence-corrected chi connectivity index (χ4v) is 2.85. The second-order valence-electron chi connectivity index (χ2n) is 5.41. The van der Waals surface area contributed by atoms with Crippen LogP contribution in [-0.2, 0) is 6.42 Å². The molecule has 0 saturated heterocycles. The van der Waals surface area contributed by atoms with E-state index in [-0.39, 0.29) is 0 Å². The van der Waals surface area contributed by atoms with E-state index in [0.717, 1.165) is 36.5 Å². The number of anilines is 2. The summed E-state index contributed by atoms with van der Waals surface area (Å²) < 4.78 is 5.82. The summed E-state index contributed by atoms with van der Waals surface area (Å²) in [6.07, 6.45) is 1.07. The monoisotopic (exact) mass is 302 g/mol. The van der Waals surface area contributed by atoms with Gasteiger partial charge in [-0.05, 0) is 48.7 Å². The molecule has 0 amide bonds. The van der Waals surface area contributed by atoms with Crippen LogP contribution in [0.2, 0.25) is 5.02 Å². The number of ether oxygens (including phenoxy) is 1. The predicted molar refractivity (Wildman–Crippen MR) is 88.5 cm³/mol. The first-order valence-electron chi connectivity index (χ1n) is 7.16. The van der Waals surface area contributed by atoms with Crippen LogP contribution in [0.1, 0.15) is 11.1 Å². The molecule has 0 radical (unpaired) electrons. The first-order chi connectivity index (χ1) is 10.1. The molecule has 1 heterocycles.